The highest BCUT2D eigenvalue weighted by atomic mass is 32.1. The highest BCUT2D eigenvalue weighted by Gasteiger charge is 2.14. The van der Waals surface area contributed by atoms with Crippen LogP contribution in [-0.4, -0.2) is 5.78 Å². The third-order valence-electron chi connectivity index (χ3n) is 2.27. The van der Waals surface area contributed by atoms with Crippen molar-refractivity contribution in [1.29, 1.82) is 0 Å². The number of aryl methyl sites for hydroxylation is 1. The number of nitrogens with two attached hydrogens (primary N) is 1. The summed E-state index contributed by atoms with van der Waals surface area (Å²) in [5, 5.41) is 1.92. The molecule has 0 unspecified atom stereocenters. The standard InChI is InChI=1S/C12H11NOS/c1-8-6-7-15-12(8)11(14)9-4-2-3-5-10(9)13/h2-7H,13H2,1H3. The van der Waals surface area contributed by atoms with Crippen molar-refractivity contribution in [3.05, 3.63) is 51.7 Å². The first-order valence-corrected chi connectivity index (χ1v) is 5.51. The van der Waals surface area contributed by atoms with Crippen LogP contribution in [0.3, 0.4) is 0 Å². The zero-order chi connectivity index (χ0) is 10.8. The van der Waals surface area contributed by atoms with Crippen molar-refractivity contribution < 1.29 is 4.79 Å². The minimum atomic E-state index is 0.0144. The normalized spacial score (nSPS) is 10.2. The van der Waals surface area contributed by atoms with Gasteiger partial charge in [-0.15, -0.1) is 11.3 Å². The summed E-state index contributed by atoms with van der Waals surface area (Å²) in [7, 11) is 0. The largest absolute Gasteiger partial charge is 0.398 e. The van der Waals surface area contributed by atoms with Gasteiger partial charge in [0.05, 0.1) is 4.88 Å². The lowest BCUT2D eigenvalue weighted by Gasteiger charge is -2.03. The highest BCUT2D eigenvalue weighted by molar-refractivity contribution is 7.12. The minimum Gasteiger partial charge on any atom is -0.398 e. The zero-order valence-electron chi connectivity index (χ0n) is 8.36. The van der Waals surface area contributed by atoms with E-state index >= 15 is 0 Å². The molecule has 1 heterocycles. The van der Waals surface area contributed by atoms with Gasteiger partial charge in [0, 0.05) is 11.3 Å². The molecule has 0 saturated carbocycles. The van der Waals surface area contributed by atoms with Crippen LogP contribution < -0.4 is 5.73 Å². The Kier molecular flexibility index (Phi) is 2.56. The molecule has 2 N–H and O–H groups in total. The molecule has 2 aromatic rings. The van der Waals surface area contributed by atoms with Gasteiger partial charge in [-0.1, -0.05) is 12.1 Å². The fourth-order valence-corrected chi connectivity index (χ4v) is 2.31. The molecule has 0 spiro atoms. The molecule has 2 rings (SSSR count). The van der Waals surface area contributed by atoms with Crippen LogP contribution in [0.25, 0.3) is 0 Å². The van der Waals surface area contributed by atoms with Gasteiger partial charge in [0.25, 0.3) is 0 Å². The van der Waals surface area contributed by atoms with E-state index in [1.807, 2.05) is 30.5 Å². The number of nitrogen functional groups attached to an aromatic ring is 1. The fraction of sp³-hybridized carbons (Fsp3) is 0.0833. The van der Waals surface area contributed by atoms with Gasteiger partial charge in [-0.05, 0) is 36.1 Å². The zero-order valence-corrected chi connectivity index (χ0v) is 9.17. The number of ketones is 1. The first-order chi connectivity index (χ1) is 7.20. The van der Waals surface area contributed by atoms with Crippen molar-refractivity contribution in [2.75, 3.05) is 5.73 Å². The topological polar surface area (TPSA) is 43.1 Å². The van der Waals surface area contributed by atoms with Gasteiger partial charge in [-0.3, -0.25) is 4.79 Å². The molecular formula is C12H11NOS. The molecule has 2 nitrogen and oxygen atoms in total. The van der Waals surface area contributed by atoms with Crippen LogP contribution in [-0.2, 0) is 0 Å². The van der Waals surface area contributed by atoms with Crippen LogP contribution in [0.1, 0.15) is 20.8 Å². The summed E-state index contributed by atoms with van der Waals surface area (Å²) in [5.41, 5.74) is 7.89. The Labute approximate surface area is 92.4 Å². The Morgan fingerprint density at radius 3 is 2.60 bits per heavy atom. The first-order valence-electron chi connectivity index (χ1n) is 4.63. The van der Waals surface area contributed by atoms with E-state index in [0.29, 0.717) is 11.3 Å². The maximum Gasteiger partial charge on any atom is 0.205 e. The van der Waals surface area contributed by atoms with E-state index in [1.165, 1.54) is 11.3 Å². The summed E-state index contributed by atoms with van der Waals surface area (Å²) in [5.74, 6) is 0.0144. The lowest BCUT2D eigenvalue weighted by atomic mass is 10.1. The molecule has 1 aromatic heterocycles. The minimum absolute atomic E-state index is 0.0144. The summed E-state index contributed by atoms with van der Waals surface area (Å²) in [4.78, 5) is 12.9. The average Bonchev–Trinajstić information content (AvgIpc) is 2.64. The van der Waals surface area contributed by atoms with Crippen molar-refractivity contribution in [3.63, 3.8) is 0 Å². The van der Waals surface area contributed by atoms with E-state index in [9.17, 15) is 4.79 Å². The summed E-state index contributed by atoms with van der Waals surface area (Å²) in [6, 6.07) is 9.10. The monoisotopic (exact) mass is 217 g/mol. The van der Waals surface area contributed by atoms with Crippen LogP contribution >= 0.6 is 11.3 Å². The Morgan fingerprint density at radius 1 is 1.27 bits per heavy atom. The molecule has 0 saturated heterocycles. The maximum absolute atomic E-state index is 12.1. The van der Waals surface area contributed by atoms with Crippen LogP contribution in [0.2, 0.25) is 0 Å². The number of rotatable bonds is 2. The van der Waals surface area contributed by atoms with Crippen LogP contribution in [0.4, 0.5) is 5.69 Å². The summed E-state index contributed by atoms with van der Waals surface area (Å²) >= 11 is 1.46. The van der Waals surface area contributed by atoms with Gasteiger partial charge in [-0.25, -0.2) is 0 Å². The lowest BCUT2D eigenvalue weighted by Crippen LogP contribution is -2.04. The second-order valence-corrected chi connectivity index (χ2v) is 4.27. The molecule has 0 aliphatic carbocycles. The average molecular weight is 217 g/mol. The predicted octanol–water partition coefficient (Wildman–Crippen LogP) is 2.87. The van der Waals surface area contributed by atoms with Crippen LogP contribution in [0.5, 0.6) is 0 Å². The van der Waals surface area contributed by atoms with E-state index in [2.05, 4.69) is 0 Å². The lowest BCUT2D eigenvalue weighted by molar-refractivity contribution is 0.104. The number of carbonyl (C=O) groups is 1. The number of benzene rings is 1. The number of hydrogen-bond acceptors (Lipinski definition) is 3. The van der Waals surface area contributed by atoms with E-state index in [4.69, 9.17) is 5.73 Å². The molecule has 0 atom stereocenters. The Bertz CT molecular complexity index is 502. The molecule has 0 amide bonds. The third kappa shape index (κ3) is 1.78. The van der Waals surface area contributed by atoms with Gasteiger partial charge in [-0.2, -0.15) is 0 Å². The van der Waals surface area contributed by atoms with E-state index in [1.54, 1.807) is 12.1 Å². The fourth-order valence-electron chi connectivity index (χ4n) is 1.43. The van der Waals surface area contributed by atoms with E-state index in [-0.39, 0.29) is 5.78 Å². The molecule has 15 heavy (non-hydrogen) atoms. The summed E-state index contributed by atoms with van der Waals surface area (Å²) in [6.07, 6.45) is 0. The highest BCUT2D eigenvalue weighted by Crippen LogP contribution is 2.22. The van der Waals surface area contributed by atoms with Gasteiger partial charge >= 0.3 is 0 Å². The number of thiophene rings is 1. The number of carbonyl (C=O) groups excluding carboxylic acids is 1. The SMILES string of the molecule is Cc1ccsc1C(=O)c1ccccc1N. The molecule has 3 heteroatoms. The van der Waals surface area contributed by atoms with Crippen molar-refractivity contribution >= 4 is 22.8 Å². The third-order valence-corrected chi connectivity index (χ3v) is 3.29. The summed E-state index contributed by atoms with van der Waals surface area (Å²) < 4.78 is 0. The molecule has 0 radical (unpaired) electrons. The predicted molar refractivity (Wildman–Crippen MR) is 63.3 cm³/mol. The first kappa shape index (κ1) is 9.93. The van der Waals surface area contributed by atoms with Gasteiger partial charge in [0.2, 0.25) is 5.78 Å². The second kappa shape index (κ2) is 3.87. The molecule has 0 aliphatic rings. The maximum atomic E-state index is 12.1. The quantitative estimate of drug-likeness (QED) is 0.621. The van der Waals surface area contributed by atoms with Crippen molar-refractivity contribution in [1.82, 2.24) is 0 Å². The van der Waals surface area contributed by atoms with Crippen LogP contribution in [0.15, 0.2) is 35.7 Å². The summed E-state index contributed by atoms with van der Waals surface area (Å²) in [6.45, 7) is 1.93. The van der Waals surface area contributed by atoms with Crippen molar-refractivity contribution in [2.24, 2.45) is 0 Å². The van der Waals surface area contributed by atoms with Gasteiger partial charge < -0.3 is 5.73 Å². The van der Waals surface area contributed by atoms with E-state index in [0.717, 1.165) is 10.4 Å². The number of hydrogen-bond donors (Lipinski definition) is 1. The Balaban J connectivity index is 2.46. The molecule has 1 aromatic carbocycles. The van der Waals surface area contributed by atoms with Crippen LogP contribution in [0, 0.1) is 6.92 Å². The molecular weight excluding hydrogens is 206 g/mol. The van der Waals surface area contributed by atoms with Crippen molar-refractivity contribution in [3.8, 4) is 0 Å². The Hall–Kier alpha value is -1.61. The molecule has 76 valence electrons. The number of para-hydroxylation sites is 1. The second-order valence-electron chi connectivity index (χ2n) is 3.35. The van der Waals surface area contributed by atoms with Gasteiger partial charge in [0.1, 0.15) is 0 Å². The molecule has 0 bridgehead atoms. The van der Waals surface area contributed by atoms with Gasteiger partial charge in [0.15, 0.2) is 0 Å². The number of anilines is 1. The van der Waals surface area contributed by atoms with E-state index < -0.39 is 0 Å². The molecule has 0 fully saturated rings. The molecule has 0 aliphatic heterocycles. The smallest absolute Gasteiger partial charge is 0.205 e. The Morgan fingerprint density at radius 2 is 2.00 bits per heavy atom. The van der Waals surface area contributed by atoms with Crippen molar-refractivity contribution in [2.45, 2.75) is 6.92 Å².